The maximum absolute atomic E-state index is 5.59. The molecule has 3 N–H and O–H groups in total. The Morgan fingerprint density at radius 1 is 1.24 bits per heavy atom. The standard InChI is InChI=1S/C16H21N5/c1-10-8-9-13-6-4-5-7-14(13)21(10)16-11(2)15(20-17)18-12(3)19-16/h4-7,10H,8-9,17H2,1-3H3,(H,18,19,20). The molecule has 110 valence electrons. The molecule has 0 saturated heterocycles. The van der Waals surface area contributed by atoms with Gasteiger partial charge >= 0.3 is 0 Å². The van der Waals surface area contributed by atoms with E-state index in [0.29, 0.717) is 11.9 Å². The predicted octanol–water partition coefficient (Wildman–Crippen LogP) is 2.85. The molecule has 0 radical (unpaired) electrons. The third-order valence-electron chi connectivity index (χ3n) is 4.12. The van der Waals surface area contributed by atoms with Gasteiger partial charge in [0.25, 0.3) is 0 Å². The summed E-state index contributed by atoms with van der Waals surface area (Å²) in [6.07, 6.45) is 2.23. The molecular formula is C16H21N5. The molecule has 1 aliphatic rings. The molecule has 2 aromatic rings. The molecular weight excluding hydrogens is 262 g/mol. The number of benzene rings is 1. The van der Waals surface area contributed by atoms with Crippen LogP contribution in [0.25, 0.3) is 0 Å². The Hall–Kier alpha value is -2.14. The lowest BCUT2D eigenvalue weighted by atomic mass is 9.96. The highest BCUT2D eigenvalue weighted by molar-refractivity contribution is 5.71. The molecule has 5 heteroatoms. The molecule has 2 heterocycles. The Bertz CT molecular complexity index is 668. The highest BCUT2D eigenvalue weighted by Gasteiger charge is 2.27. The van der Waals surface area contributed by atoms with Gasteiger partial charge in [0, 0.05) is 17.3 Å². The second kappa shape index (κ2) is 5.33. The number of nitrogens with one attached hydrogen (secondary N) is 1. The van der Waals surface area contributed by atoms with Crippen molar-refractivity contribution in [3.8, 4) is 0 Å². The van der Waals surface area contributed by atoms with E-state index in [1.54, 1.807) is 0 Å². The fourth-order valence-corrected chi connectivity index (χ4v) is 3.00. The van der Waals surface area contributed by atoms with Gasteiger partial charge in [0.15, 0.2) is 0 Å². The van der Waals surface area contributed by atoms with Crippen LogP contribution in [0.5, 0.6) is 0 Å². The molecule has 0 spiro atoms. The van der Waals surface area contributed by atoms with Crippen LogP contribution < -0.4 is 16.2 Å². The van der Waals surface area contributed by atoms with E-state index in [9.17, 15) is 0 Å². The molecule has 0 aliphatic carbocycles. The molecule has 1 aromatic heterocycles. The number of nitrogen functional groups attached to an aromatic ring is 1. The predicted molar refractivity (Wildman–Crippen MR) is 85.7 cm³/mol. The van der Waals surface area contributed by atoms with Crippen LogP contribution in [-0.4, -0.2) is 16.0 Å². The van der Waals surface area contributed by atoms with Crippen LogP contribution in [0, 0.1) is 13.8 Å². The quantitative estimate of drug-likeness (QED) is 0.655. The highest BCUT2D eigenvalue weighted by Crippen LogP contribution is 2.38. The summed E-state index contributed by atoms with van der Waals surface area (Å²) in [4.78, 5) is 11.3. The van der Waals surface area contributed by atoms with Gasteiger partial charge in [-0.15, -0.1) is 0 Å². The van der Waals surface area contributed by atoms with E-state index in [1.807, 2.05) is 13.8 Å². The van der Waals surface area contributed by atoms with Crippen molar-refractivity contribution in [2.45, 2.75) is 39.7 Å². The summed E-state index contributed by atoms with van der Waals surface area (Å²) in [5, 5.41) is 0. The smallest absolute Gasteiger partial charge is 0.148 e. The minimum atomic E-state index is 0.401. The first kappa shape index (κ1) is 13.8. The van der Waals surface area contributed by atoms with E-state index in [2.05, 4.69) is 51.5 Å². The second-order valence-electron chi connectivity index (χ2n) is 5.60. The second-order valence-corrected chi connectivity index (χ2v) is 5.60. The zero-order valence-corrected chi connectivity index (χ0v) is 12.7. The van der Waals surface area contributed by atoms with Crippen molar-refractivity contribution in [3.63, 3.8) is 0 Å². The van der Waals surface area contributed by atoms with Gasteiger partial charge in [0.05, 0.1) is 0 Å². The average Bonchev–Trinajstić information content (AvgIpc) is 2.49. The molecule has 3 rings (SSSR count). The van der Waals surface area contributed by atoms with Crippen LogP contribution in [0.1, 0.15) is 30.3 Å². The molecule has 0 bridgehead atoms. The lowest BCUT2D eigenvalue weighted by molar-refractivity contribution is 0.611. The van der Waals surface area contributed by atoms with E-state index < -0.39 is 0 Å². The van der Waals surface area contributed by atoms with Gasteiger partial charge in [0.2, 0.25) is 0 Å². The Morgan fingerprint density at radius 2 is 2.00 bits per heavy atom. The summed E-state index contributed by atoms with van der Waals surface area (Å²) >= 11 is 0. The van der Waals surface area contributed by atoms with Gasteiger partial charge in [-0.05, 0) is 45.2 Å². The monoisotopic (exact) mass is 283 g/mol. The van der Waals surface area contributed by atoms with Gasteiger partial charge in [0.1, 0.15) is 17.5 Å². The number of fused-ring (bicyclic) bond motifs is 1. The summed E-state index contributed by atoms with van der Waals surface area (Å²) in [6, 6.07) is 8.93. The number of hydrazine groups is 1. The number of aryl methyl sites for hydroxylation is 2. The number of nitrogens with zero attached hydrogens (tertiary/aromatic N) is 3. The Morgan fingerprint density at radius 3 is 2.76 bits per heavy atom. The fraction of sp³-hybridized carbons (Fsp3) is 0.375. The van der Waals surface area contributed by atoms with Gasteiger partial charge in [-0.3, -0.25) is 0 Å². The maximum Gasteiger partial charge on any atom is 0.148 e. The van der Waals surface area contributed by atoms with E-state index in [1.165, 1.54) is 11.3 Å². The Balaban J connectivity index is 2.18. The normalized spacial score (nSPS) is 17.5. The van der Waals surface area contributed by atoms with E-state index in [4.69, 9.17) is 5.84 Å². The number of anilines is 3. The first-order valence-corrected chi connectivity index (χ1v) is 7.31. The van der Waals surface area contributed by atoms with Crippen LogP contribution in [0.4, 0.5) is 17.3 Å². The third-order valence-corrected chi connectivity index (χ3v) is 4.12. The summed E-state index contributed by atoms with van der Waals surface area (Å²) in [5.74, 6) is 7.94. The van der Waals surface area contributed by atoms with Crippen molar-refractivity contribution in [3.05, 3.63) is 41.2 Å². The highest BCUT2D eigenvalue weighted by atomic mass is 15.3. The van der Waals surface area contributed by atoms with Crippen molar-refractivity contribution in [2.24, 2.45) is 5.84 Å². The molecule has 0 fully saturated rings. The van der Waals surface area contributed by atoms with E-state index in [0.717, 1.165) is 30.0 Å². The van der Waals surface area contributed by atoms with Crippen LogP contribution in [0.2, 0.25) is 0 Å². The van der Waals surface area contributed by atoms with Gasteiger partial charge < -0.3 is 10.3 Å². The number of nitrogens with two attached hydrogens (primary N) is 1. The van der Waals surface area contributed by atoms with Crippen molar-refractivity contribution in [2.75, 3.05) is 10.3 Å². The molecule has 1 atom stereocenters. The van der Waals surface area contributed by atoms with Crippen molar-refractivity contribution < 1.29 is 0 Å². The largest absolute Gasteiger partial charge is 0.323 e. The van der Waals surface area contributed by atoms with Crippen molar-refractivity contribution >= 4 is 17.3 Å². The zero-order chi connectivity index (χ0) is 15.0. The first-order chi connectivity index (χ1) is 10.1. The van der Waals surface area contributed by atoms with Crippen molar-refractivity contribution in [1.82, 2.24) is 9.97 Å². The number of hydrogen-bond acceptors (Lipinski definition) is 5. The summed E-state index contributed by atoms with van der Waals surface area (Å²) < 4.78 is 0. The summed E-state index contributed by atoms with van der Waals surface area (Å²) in [7, 11) is 0. The van der Waals surface area contributed by atoms with Gasteiger partial charge in [-0.1, -0.05) is 18.2 Å². The fourth-order valence-electron chi connectivity index (χ4n) is 3.00. The maximum atomic E-state index is 5.59. The number of hydrogen-bond donors (Lipinski definition) is 2. The SMILES string of the molecule is Cc1nc(NN)c(C)c(N2c3ccccc3CCC2C)n1. The minimum absolute atomic E-state index is 0.401. The lowest BCUT2D eigenvalue weighted by Crippen LogP contribution is -2.34. The minimum Gasteiger partial charge on any atom is -0.323 e. The average molecular weight is 283 g/mol. The first-order valence-electron chi connectivity index (χ1n) is 7.31. The Kier molecular flexibility index (Phi) is 3.51. The molecule has 5 nitrogen and oxygen atoms in total. The molecule has 1 unspecified atom stereocenters. The van der Waals surface area contributed by atoms with Crippen molar-refractivity contribution in [1.29, 1.82) is 0 Å². The van der Waals surface area contributed by atoms with Gasteiger partial charge in [-0.25, -0.2) is 15.8 Å². The number of aromatic nitrogens is 2. The summed E-state index contributed by atoms with van der Waals surface area (Å²) in [6.45, 7) is 6.14. The molecule has 0 saturated carbocycles. The number of para-hydroxylation sites is 1. The van der Waals surface area contributed by atoms with Crippen LogP contribution in [0.3, 0.4) is 0 Å². The third kappa shape index (κ3) is 2.34. The van der Waals surface area contributed by atoms with E-state index >= 15 is 0 Å². The molecule has 1 aliphatic heterocycles. The van der Waals surface area contributed by atoms with Crippen LogP contribution in [-0.2, 0) is 6.42 Å². The lowest BCUT2D eigenvalue weighted by Gasteiger charge is -2.37. The van der Waals surface area contributed by atoms with Crippen LogP contribution in [0.15, 0.2) is 24.3 Å². The summed E-state index contributed by atoms with van der Waals surface area (Å²) in [5.41, 5.74) is 6.26. The molecule has 0 amide bonds. The van der Waals surface area contributed by atoms with E-state index in [-0.39, 0.29) is 0 Å². The molecule has 1 aromatic carbocycles. The zero-order valence-electron chi connectivity index (χ0n) is 12.7. The Labute approximate surface area is 125 Å². The topological polar surface area (TPSA) is 67.1 Å². The van der Waals surface area contributed by atoms with Gasteiger partial charge in [-0.2, -0.15) is 0 Å². The van der Waals surface area contributed by atoms with Crippen LogP contribution >= 0.6 is 0 Å². The molecule has 21 heavy (non-hydrogen) atoms. The number of rotatable bonds is 2.